The van der Waals surface area contributed by atoms with E-state index in [0.29, 0.717) is 12.8 Å². The fraction of sp³-hybridized carbons (Fsp3) is 0.421. The van der Waals surface area contributed by atoms with Gasteiger partial charge in [0.15, 0.2) is 5.78 Å². The van der Waals surface area contributed by atoms with Crippen LogP contribution in [0.2, 0.25) is 0 Å². The molecular formula is C19H25NO2S. The smallest absolute Gasteiger partial charge is 0.172 e. The fourth-order valence-electron chi connectivity index (χ4n) is 2.37. The van der Waals surface area contributed by atoms with Crippen LogP contribution in [0.15, 0.2) is 42.5 Å². The molecule has 0 radical (unpaired) electrons. The highest BCUT2D eigenvalue weighted by molar-refractivity contribution is 7.14. The zero-order chi connectivity index (χ0) is 16.7. The molecule has 124 valence electrons. The largest absolute Gasteiger partial charge is 0.394 e. The first-order chi connectivity index (χ1) is 11.0. The van der Waals surface area contributed by atoms with Crippen molar-refractivity contribution in [3.8, 4) is 0 Å². The quantitative estimate of drug-likeness (QED) is 0.690. The van der Waals surface area contributed by atoms with Gasteiger partial charge in [0.25, 0.3) is 0 Å². The molecular weight excluding hydrogens is 306 g/mol. The molecule has 1 heterocycles. The number of rotatable bonds is 9. The molecule has 0 amide bonds. The van der Waals surface area contributed by atoms with Crippen LogP contribution in [0.5, 0.6) is 0 Å². The van der Waals surface area contributed by atoms with Crippen LogP contribution < -0.4 is 5.73 Å². The van der Waals surface area contributed by atoms with E-state index in [9.17, 15) is 9.90 Å². The van der Waals surface area contributed by atoms with E-state index >= 15 is 0 Å². The molecule has 23 heavy (non-hydrogen) atoms. The molecule has 0 aliphatic rings. The van der Waals surface area contributed by atoms with Gasteiger partial charge in [-0.2, -0.15) is 0 Å². The van der Waals surface area contributed by atoms with Gasteiger partial charge in [-0.1, -0.05) is 30.3 Å². The van der Waals surface area contributed by atoms with Crippen LogP contribution in [0.3, 0.4) is 0 Å². The summed E-state index contributed by atoms with van der Waals surface area (Å²) in [7, 11) is 0. The normalized spacial score (nSPS) is 13.7. The number of Topliss-reactive ketones (excluding diaryl/α,β-unsaturated/α-hetero) is 1. The lowest BCUT2D eigenvalue weighted by Gasteiger charge is -2.20. The summed E-state index contributed by atoms with van der Waals surface area (Å²) >= 11 is 1.55. The predicted octanol–water partition coefficient (Wildman–Crippen LogP) is 3.60. The van der Waals surface area contributed by atoms with Gasteiger partial charge in [-0.15, -0.1) is 11.3 Å². The van der Waals surface area contributed by atoms with Gasteiger partial charge in [0.2, 0.25) is 0 Å². The van der Waals surface area contributed by atoms with Gasteiger partial charge >= 0.3 is 0 Å². The second-order valence-corrected chi connectivity index (χ2v) is 7.51. The minimum absolute atomic E-state index is 0.0242. The van der Waals surface area contributed by atoms with Gasteiger partial charge in [-0.3, -0.25) is 4.79 Å². The van der Waals surface area contributed by atoms with Crippen LogP contribution in [0.25, 0.3) is 0 Å². The molecule has 1 aromatic carbocycles. The molecule has 1 aromatic heterocycles. The second kappa shape index (κ2) is 8.39. The SMILES string of the molecule is CC(N)(CO)CCc1ccc(C(=O)CCCc2ccccc2)s1. The second-order valence-electron chi connectivity index (χ2n) is 6.34. The highest BCUT2D eigenvalue weighted by atomic mass is 32.1. The van der Waals surface area contributed by atoms with E-state index in [-0.39, 0.29) is 12.4 Å². The molecule has 0 saturated heterocycles. The number of carbonyl (C=O) groups excluding carboxylic acids is 1. The third-order valence-electron chi connectivity index (χ3n) is 3.95. The van der Waals surface area contributed by atoms with E-state index in [1.54, 1.807) is 11.3 Å². The van der Waals surface area contributed by atoms with E-state index in [0.717, 1.165) is 29.0 Å². The maximum absolute atomic E-state index is 12.3. The van der Waals surface area contributed by atoms with Gasteiger partial charge in [0.05, 0.1) is 11.5 Å². The van der Waals surface area contributed by atoms with Crippen LogP contribution in [0.1, 0.15) is 46.3 Å². The Morgan fingerprint density at radius 2 is 1.91 bits per heavy atom. The Hall–Kier alpha value is -1.49. The van der Waals surface area contributed by atoms with Crippen LogP contribution >= 0.6 is 11.3 Å². The lowest BCUT2D eigenvalue weighted by atomic mass is 9.98. The average molecular weight is 331 g/mol. The van der Waals surface area contributed by atoms with Crippen molar-refractivity contribution in [2.24, 2.45) is 5.73 Å². The van der Waals surface area contributed by atoms with Gasteiger partial charge in [0.1, 0.15) is 0 Å². The third-order valence-corrected chi connectivity index (χ3v) is 5.14. The maximum Gasteiger partial charge on any atom is 0.172 e. The van der Waals surface area contributed by atoms with Crippen LogP contribution in [-0.4, -0.2) is 23.0 Å². The Kier molecular flexibility index (Phi) is 6.51. The lowest BCUT2D eigenvalue weighted by molar-refractivity contribution is 0.0984. The Balaban J connectivity index is 1.79. The molecule has 0 saturated carbocycles. The van der Waals surface area contributed by atoms with Crippen LogP contribution in [0.4, 0.5) is 0 Å². The van der Waals surface area contributed by atoms with Gasteiger partial charge in [-0.05, 0) is 50.3 Å². The van der Waals surface area contributed by atoms with Crippen molar-refractivity contribution in [3.05, 3.63) is 57.8 Å². The number of aliphatic hydroxyl groups is 1. The molecule has 0 aliphatic heterocycles. The van der Waals surface area contributed by atoms with Crippen LogP contribution in [0, 0.1) is 0 Å². The average Bonchev–Trinajstić information content (AvgIpc) is 3.03. The van der Waals surface area contributed by atoms with Crippen molar-refractivity contribution in [2.75, 3.05) is 6.61 Å². The summed E-state index contributed by atoms with van der Waals surface area (Å²) in [5.41, 5.74) is 6.66. The highest BCUT2D eigenvalue weighted by Crippen LogP contribution is 2.22. The molecule has 4 heteroatoms. The third kappa shape index (κ3) is 5.90. The number of hydrogen-bond acceptors (Lipinski definition) is 4. The van der Waals surface area contributed by atoms with E-state index in [2.05, 4.69) is 12.1 Å². The molecule has 1 atom stereocenters. The van der Waals surface area contributed by atoms with Gasteiger partial charge < -0.3 is 10.8 Å². The molecule has 0 aliphatic carbocycles. The first kappa shape index (κ1) is 17.9. The molecule has 0 fully saturated rings. The summed E-state index contributed by atoms with van der Waals surface area (Å²) in [5.74, 6) is 0.217. The Bertz CT molecular complexity index is 619. The minimum atomic E-state index is -0.552. The van der Waals surface area contributed by atoms with Crippen LogP contribution in [-0.2, 0) is 12.8 Å². The number of aliphatic hydroxyl groups excluding tert-OH is 1. The number of hydrogen-bond donors (Lipinski definition) is 2. The molecule has 0 spiro atoms. The summed E-state index contributed by atoms with van der Waals surface area (Å²) < 4.78 is 0. The number of aryl methyl sites for hydroxylation is 2. The Morgan fingerprint density at radius 1 is 1.17 bits per heavy atom. The summed E-state index contributed by atoms with van der Waals surface area (Å²) in [6.45, 7) is 1.82. The van der Waals surface area contributed by atoms with Crippen molar-refractivity contribution in [1.29, 1.82) is 0 Å². The highest BCUT2D eigenvalue weighted by Gasteiger charge is 2.17. The molecule has 1 unspecified atom stereocenters. The zero-order valence-electron chi connectivity index (χ0n) is 13.6. The van der Waals surface area contributed by atoms with Crippen molar-refractivity contribution in [3.63, 3.8) is 0 Å². The Labute approximate surface area is 142 Å². The first-order valence-corrected chi connectivity index (χ1v) is 8.87. The van der Waals surface area contributed by atoms with Crippen molar-refractivity contribution >= 4 is 17.1 Å². The zero-order valence-corrected chi connectivity index (χ0v) is 14.4. The minimum Gasteiger partial charge on any atom is -0.394 e. The number of ketones is 1. The molecule has 3 nitrogen and oxygen atoms in total. The molecule has 2 aromatic rings. The fourth-order valence-corrected chi connectivity index (χ4v) is 3.35. The van der Waals surface area contributed by atoms with Crippen molar-refractivity contribution < 1.29 is 9.90 Å². The summed E-state index contributed by atoms with van der Waals surface area (Å²) in [4.78, 5) is 14.2. The molecule has 3 N–H and O–H groups in total. The standard InChI is InChI=1S/C19H25NO2S/c1-19(20,14-21)13-12-16-10-11-18(23-16)17(22)9-5-8-15-6-3-2-4-7-15/h2-4,6-7,10-11,21H,5,8-9,12-14,20H2,1H3. The number of benzene rings is 1. The first-order valence-electron chi connectivity index (χ1n) is 8.06. The summed E-state index contributed by atoms with van der Waals surface area (Å²) in [6, 6.07) is 14.2. The van der Waals surface area contributed by atoms with E-state index in [1.165, 1.54) is 5.56 Å². The van der Waals surface area contributed by atoms with E-state index < -0.39 is 5.54 Å². The number of nitrogens with two attached hydrogens (primary N) is 1. The molecule has 0 bridgehead atoms. The van der Waals surface area contributed by atoms with Gasteiger partial charge in [-0.25, -0.2) is 0 Å². The van der Waals surface area contributed by atoms with Crippen molar-refractivity contribution in [1.82, 2.24) is 0 Å². The predicted molar refractivity (Wildman–Crippen MR) is 96.0 cm³/mol. The maximum atomic E-state index is 12.3. The summed E-state index contributed by atoms with van der Waals surface area (Å²) in [5, 5.41) is 9.18. The number of carbonyl (C=O) groups is 1. The Morgan fingerprint density at radius 3 is 2.61 bits per heavy atom. The van der Waals surface area contributed by atoms with Gasteiger partial charge in [0, 0.05) is 16.8 Å². The molecule has 2 rings (SSSR count). The van der Waals surface area contributed by atoms with E-state index in [1.807, 2.05) is 37.3 Å². The summed E-state index contributed by atoms with van der Waals surface area (Å²) in [6.07, 6.45) is 3.91. The monoisotopic (exact) mass is 331 g/mol. The topological polar surface area (TPSA) is 63.3 Å². The van der Waals surface area contributed by atoms with E-state index in [4.69, 9.17) is 5.73 Å². The van der Waals surface area contributed by atoms with Crippen molar-refractivity contribution in [2.45, 2.75) is 44.6 Å². The number of thiophene rings is 1. The lowest BCUT2D eigenvalue weighted by Crippen LogP contribution is -2.40.